The van der Waals surface area contributed by atoms with E-state index in [0.717, 1.165) is 136 Å². The second-order valence-electron chi connectivity index (χ2n) is 22.4. The standard InChI is InChI=1S/C58H42N4O12/c63-7-15(8-64)59-53(71)57(54(72)60-16(9-65)10-66)49-31-21-3-1-19-20-2-4-22-28-26(20)35-25(19)27(21)36-40(31)42-33(51(49)57)23-5-6-24-30-29(23)38(42)47-45(36)44(35)46-37(28)41-32(22)50-52(34(24)43(41)39(30)48(46)47)58(50,55(73)61-17(11-67)12-68)56(74)62-18(13-69)14-70/h1-6,15-19,25,49,51,63-70H,7-14H2,(H,59,71)(H,60,72)(H,61,73)(H,62,74). The maximum absolute atomic E-state index is 15.4. The molecule has 12 aromatic carbocycles. The molecule has 366 valence electrons. The van der Waals surface area contributed by atoms with Gasteiger partial charge in [-0.3, -0.25) is 19.2 Å². The quantitative estimate of drug-likeness (QED) is 0.0490. The minimum atomic E-state index is -2.02. The van der Waals surface area contributed by atoms with Crippen LogP contribution in [0.2, 0.25) is 0 Å². The van der Waals surface area contributed by atoms with Crippen molar-refractivity contribution in [2.24, 2.45) is 5.41 Å². The Kier molecular flexibility index (Phi) is 6.98. The van der Waals surface area contributed by atoms with Gasteiger partial charge in [0.1, 0.15) is 5.41 Å². The van der Waals surface area contributed by atoms with Crippen molar-refractivity contribution in [1.82, 2.24) is 21.3 Å². The normalized spacial score (nSPS) is 21.2. The Hall–Kier alpha value is -7.12. The van der Waals surface area contributed by atoms with Crippen molar-refractivity contribution in [3.63, 3.8) is 0 Å². The Morgan fingerprint density at radius 3 is 1.34 bits per heavy atom. The highest BCUT2D eigenvalue weighted by Crippen LogP contribution is 2.81. The van der Waals surface area contributed by atoms with Gasteiger partial charge in [-0.05, 0) is 163 Å². The molecular formula is C58H42N4O12. The van der Waals surface area contributed by atoms with E-state index in [2.05, 4.69) is 45.6 Å². The molecule has 74 heavy (non-hydrogen) atoms. The van der Waals surface area contributed by atoms with Crippen molar-refractivity contribution >= 4 is 148 Å². The van der Waals surface area contributed by atoms with Crippen LogP contribution in [0.15, 0.2) is 30.3 Å². The van der Waals surface area contributed by atoms with Crippen LogP contribution in [0.3, 0.4) is 0 Å². The third-order valence-corrected chi connectivity index (χ3v) is 19.8. The summed E-state index contributed by atoms with van der Waals surface area (Å²) in [6, 6.07) is 3.97. The van der Waals surface area contributed by atoms with Gasteiger partial charge in [0, 0.05) is 23.7 Å². The van der Waals surface area contributed by atoms with Crippen LogP contribution in [0.5, 0.6) is 0 Å². The lowest BCUT2D eigenvalue weighted by Gasteiger charge is -2.28. The van der Waals surface area contributed by atoms with Gasteiger partial charge in [-0.1, -0.05) is 36.4 Å². The number of carbonyl (C=O) groups is 4. The molecule has 0 bridgehead atoms. The minimum absolute atomic E-state index is 0.0775. The molecule has 0 saturated heterocycles. The molecule has 0 radical (unpaired) electrons. The van der Waals surface area contributed by atoms with E-state index in [1.807, 2.05) is 12.1 Å². The summed E-state index contributed by atoms with van der Waals surface area (Å²) in [5, 5.41) is 116. The molecule has 0 heterocycles. The summed E-state index contributed by atoms with van der Waals surface area (Å²) in [6.07, 6.45) is 4.43. The monoisotopic (exact) mass is 986 g/mol. The fourth-order valence-electron chi connectivity index (χ4n) is 17.3. The van der Waals surface area contributed by atoms with Gasteiger partial charge in [-0.15, -0.1) is 0 Å². The SMILES string of the molecule is O=C(NC(CO)CO)C1(C(=O)NC(CO)CO)c2c1c1c3ccc4c5c6c7c(c8c9c7c7c%10c%11c%12c(ccc%13c2c2c1c1c3c4c6c7c1c%10c2c%12%13)C(C=C8)C9%11)C1C5C1(C(=O)NC(CO)CO)C(=O)NC(CO)CO. The van der Waals surface area contributed by atoms with Gasteiger partial charge >= 0.3 is 0 Å². The molecule has 4 unspecified atom stereocenters. The van der Waals surface area contributed by atoms with E-state index in [1.54, 1.807) is 0 Å². The topological polar surface area (TPSA) is 278 Å². The lowest BCUT2D eigenvalue weighted by molar-refractivity contribution is -0.139. The summed E-state index contributed by atoms with van der Waals surface area (Å²) in [5.41, 5.74) is 3.32. The lowest BCUT2D eigenvalue weighted by Crippen LogP contribution is -2.54. The highest BCUT2D eigenvalue weighted by atomic mass is 16.3. The highest BCUT2D eigenvalue weighted by molar-refractivity contribution is 6.65. The predicted octanol–water partition coefficient (Wildman–Crippen LogP) is 2.10. The summed E-state index contributed by atoms with van der Waals surface area (Å²) < 4.78 is 0. The number of aliphatic hydroxyl groups excluding tert-OH is 8. The zero-order chi connectivity index (χ0) is 50.0. The lowest BCUT2D eigenvalue weighted by atomic mass is 9.74. The smallest absolute Gasteiger partial charge is 0.245 e. The molecule has 4 amide bonds. The Labute approximate surface area is 414 Å². The summed E-state index contributed by atoms with van der Waals surface area (Å²) in [4.78, 5) is 61.7. The van der Waals surface area contributed by atoms with E-state index in [9.17, 15) is 40.9 Å². The van der Waals surface area contributed by atoms with E-state index >= 15 is 19.2 Å². The average molecular weight is 987 g/mol. The molecule has 1 fully saturated rings. The number of amides is 4. The van der Waals surface area contributed by atoms with Gasteiger partial charge in [0.25, 0.3) is 0 Å². The average Bonchev–Trinajstić information content (AvgIpc) is 3.72. The van der Waals surface area contributed by atoms with Crippen molar-refractivity contribution in [3.8, 4) is 0 Å². The van der Waals surface area contributed by atoms with Crippen molar-refractivity contribution in [2.75, 3.05) is 52.9 Å². The zero-order valence-electron chi connectivity index (χ0n) is 39.0. The van der Waals surface area contributed by atoms with Gasteiger partial charge in [0.2, 0.25) is 23.6 Å². The van der Waals surface area contributed by atoms with E-state index in [0.29, 0.717) is 16.5 Å². The molecule has 0 spiro atoms. The largest absolute Gasteiger partial charge is 0.394 e. The van der Waals surface area contributed by atoms with Crippen LogP contribution in [-0.4, -0.2) is 142 Å². The number of rotatable bonds is 16. The number of fused-ring (bicyclic) bond motifs is 11. The maximum Gasteiger partial charge on any atom is 0.245 e. The van der Waals surface area contributed by atoms with Crippen LogP contribution in [0.25, 0.3) is 125 Å². The van der Waals surface area contributed by atoms with Gasteiger partial charge in [-0.2, -0.15) is 0 Å². The third kappa shape index (κ3) is 3.69. The predicted molar refractivity (Wildman–Crippen MR) is 275 cm³/mol. The molecular weight excluding hydrogens is 945 g/mol. The van der Waals surface area contributed by atoms with E-state index in [-0.39, 0.29) is 11.8 Å². The number of aliphatic hydroxyl groups is 8. The van der Waals surface area contributed by atoms with Crippen molar-refractivity contribution < 1.29 is 60.0 Å². The number of allylic oxidation sites excluding steroid dienone is 1. The Morgan fingerprint density at radius 2 is 0.784 bits per heavy atom. The fourth-order valence-corrected chi connectivity index (χ4v) is 17.3. The summed E-state index contributed by atoms with van der Waals surface area (Å²) in [5.74, 6) is -4.57. The zero-order valence-corrected chi connectivity index (χ0v) is 39.0. The Balaban J connectivity index is 1.06. The number of nitrogens with one attached hydrogen (secondary N) is 4. The molecule has 0 aliphatic heterocycles. The van der Waals surface area contributed by atoms with E-state index in [1.165, 1.54) is 10.9 Å². The van der Waals surface area contributed by atoms with E-state index < -0.39 is 123 Å². The molecule has 4 atom stereocenters. The molecule has 16 heteroatoms. The van der Waals surface area contributed by atoms with Crippen LogP contribution in [-0.2, 0) is 24.6 Å². The van der Waals surface area contributed by atoms with Crippen LogP contribution < -0.4 is 21.3 Å². The molecule has 16 nitrogen and oxygen atoms in total. The Morgan fingerprint density at radius 1 is 0.405 bits per heavy atom. The van der Waals surface area contributed by atoms with E-state index in [4.69, 9.17) is 0 Å². The molecule has 6 aliphatic rings. The highest BCUT2D eigenvalue weighted by Gasteiger charge is 2.78. The van der Waals surface area contributed by atoms with Crippen LogP contribution >= 0.6 is 0 Å². The van der Waals surface area contributed by atoms with Gasteiger partial charge in [0.15, 0.2) is 5.41 Å². The van der Waals surface area contributed by atoms with Crippen molar-refractivity contribution in [3.05, 3.63) is 74.8 Å². The van der Waals surface area contributed by atoms with Crippen molar-refractivity contribution in [1.29, 1.82) is 0 Å². The molecule has 12 N–H and O–H groups in total. The number of hydrogen-bond acceptors (Lipinski definition) is 12. The first-order chi connectivity index (χ1) is 36.1. The Bertz CT molecular complexity index is 4590. The molecule has 12 aromatic rings. The summed E-state index contributed by atoms with van der Waals surface area (Å²) >= 11 is 0. The second kappa shape index (κ2) is 12.5. The molecule has 18 rings (SSSR count). The minimum Gasteiger partial charge on any atom is -0.394 e. The van der Waals surface area contributed by atoms with Gasteiger partial charge in [0.05, 0.1) is 77.0 Å². The summed E-state index contributed by atoms with van der Waals surface area (Å²) in [7, 11) is 0. The van der Waals surface area contributed by atoms with Crippen LogP contribution in [0, 0.1) is 5.41 Å². The molecule has 1 saturated carbocycles. The van der Waals surface area contributed by atoms with Crippen molar-refractivity contribution in [2.45, 2.75) is 53.3 Å². The number of carbonyl (C=O) groups excluding carboxylic acids is 4. The first kappa shape index (κ1) is 41.3. The molecule has 0 aromatic heterocycles. The summed E-state index contributed by atoms with van der Waals surface area (Å²) in [6.45, 7) is -4.75. The first-order valence-corrected chi connectivity index (χ1v) is 25.5. The van der Waals surface area contributed by atoms with Gasteiger partial charge < -0.3 is 62.1 Å². The maximum atomic E-state index is 15.4. The number of benzene rings is 7. The second-order valence-corrected chi connectivity index (χ2v) is 22.4. The van der Waals surface area contributed by atoms with Gasteiger partial charge in [-0.25, -0.2) is 0 Å². The van der Waals surface area contributed by atoms with Crippen LogP contribution in [0.4, 0.5) is 0 Å². The fraction of sp³-hybridized carbons (Fsp3) is 0.310. The number of hydrogen-bond donors (Lipinski definition) is 12. The first-order valence-electron chi connectivity index (χ1n) is 25.5. The van der Waals surface area contributed by atoms with Crippen LogP contribution in [0.1, 0.15) is 68.2 Å². The third-order valence-electron chi connectivity index (χ3n) is 19.8. The molecule has 6 aliphatic carbocycles.